The van der Waals surface area contributed by atoms with Crippen molar-refractivity contribution in [1.82, 2.24) is 25.4 Å². The number of amides is 2. The summed E-state index contributed by atoms with van der Waals surface area (Å²) in [4.78, 5) is 33.9. The van der Waals surface area contributed by atoms with Crippen LogP contribution in [-0.4, -0.2) is 98.8 Å². The SMILES string of the molecule is C=C(/C=C\C(=C/C)OC)[C@@H]1CC1NCCOC[C@H](NC(=O)c1ccccn1)C(=O)N1CCN(C)CC1. The van der Waals surface area contributed by atoms with Crippen molar-refractivity contribution >= 4 is 11.8 Å². The fourth-order valence-corrected chi connectivity index (χ4v) is 4.09. The third-order valence-corrected chi connectivity index (χ3v) is 6.50. The molecule has 1 unspecified atom stereocenters. The zero-order valence-electron chi connectivity index (χ0n) is 21.6. The summed E-state index contributed by atoms with van der Waals surface area (Å²) >= 11 is 0. The predicted octanol–water partition coefficient (Wildman–Crippen LogP) is 1.61. The first-order valence-corrected chi connectivity index (χ1v) is 12.5. The number of piperazine rings is 1. The van der Waals surface area contributed by atoms with Crippen LogP contribution in [0.3, 0.4) is 0 Å². The number of ether oxygens (including phenoxy) is 2. The molecule has 1 saturated carbocycles. The van der Waals surface area contributed by atoms with Crippen LogP contribution in [0.5, 0.6) is 0 Å². The van der Waals surface area contributed by atoms with Crippen molar-refractivity contribution in [3.63, 3.8) is 0 Å². The molecule has 0 bridgehead atoms. The normalized spacial score (nSPS) is 21.3. The van der Waals surface area contributed by atoms with Gasteiger partial charge in [-0.2, -0.15) is 0 Å². The zero-order valence-corrected chi connectivity index (χ0v) is 21.6. The molecule has 2 N–H and O–H groups in total. The van der Waals surface area contributed by atoms with E-state index in [1.54, 1.807) is 36.4 Å². The van der Waals surface area contributed by atoms with E-state index in [0.29, 0.717) is 38.2 Å². The van der Waals surface area contributed by atoms with Crippen LogP contribution >= 0.6 is 0 Å². The third-order valence-electron chi connectivity index (χ3n) is 6.50. The number of aromatic nitrogens is 1. The second-order valence-corrected chi connectivity index (χ2v) is 9.15. The van der Waals surface area contributed by atoms with Crippen LogP contribution in [0.4, 0.5) is 0 Å². The quantitative estimate of drug-likeness (QED) is 0.243. The molecule has 196 valence electrons. The zero-order chi connectivity index (χ0) is 25.9. The molecule has 3 atom stereocenters. The fraction of sp³-hybridized carbons (Fsp3) is 0.519. The standard InChI is InChI=1S/C27H39N5O4/c1-5-21(35-4)10-9-20(2)22-18-24(22)29-12-17-36-19-25(27(34)32-15-13-31(3)14-16-32)30-26(33)23-8-6-7-11-28-23/h5-11,22,24-25,29H,2,12-19H2,1,3-4H3,(H,30,33)/b10-9-,21-5+/t22-,24?,25-/m0/s1. The Morgan fingerprint density at radius 3 is 2.69 bits per heavy atom. The van der Waals surface area contributed by atoms with Gasteiger partial charge in [0.1, 0.15) is 17.5 Å². The Bertz CT molecular complexity index is 941. The van der Waals surface area contributed by atoms with Gasteiger partial charge in [0.15, 0.2) is 0 Å². The van der Waals surface area contributed by atoms with E-state index in [1.165, 1.54) is 0 Å². The molecule has 1 saturated heterocycles. The predicted molar refractivity (Wildman–Crippen MR) is 139 cm³/mol. The number of pyridine rings is 1. The van der Waals surface area contributed by atoms with Crippen molar-refractivity contribution in [3.8, 4) is 0 Å². The van der Waals surface area contributed by atoms with Crippen LogP contribution in [0, 0.1) is 5.92 Å². The van der Waals surface area contributed by atoms with Gasteiger partial charge >= 0.3 is 0 Å². The van der Waals surface area contributed by atoms with Gasteiger partial charge in [-0.1, -0.05) is 24.3 Å². The molecule has 0 spiro atoms. The Kier molecular flexibility index (Phi) is 10.7. The van der Waals surface area contributed by atoms with E-state index in [2.05, 4.69) is 27.1 Å². The molecule has 2 heterocycles. The lowest BCUT2D eigenvalue weighted by Gasteiger charge is -2.34. The van der Waals surface area contributed by atoms with E-state index >= 15 is 0 Å². The van der Waals surface area contributed by atoms with Gasteiger partial charge in [0, 0.05) is 50.9 Å². The van der Waals surface area contributed by atoms with Crippen LogP contribution in [0.2, 0.25) is 0 Å². The summed E-state index contributed by atoms with van der Waals surface area (Å²) in [7, 11) is 3.69. The van der Waals surface area contributed by atoms with Gasteiger partial charge in [0.05, 0.1) is 20.3 Å². The Morgan fingerprint density at radius 1 is 1.25 bits per heavy atom. The number of carbonyl (C=O) groups excluding carboxylic acids is 2. The second kappa shape index (κ2) is 13.9. The minimum absolute atomic E-state index is 0.109. The van der Waals surface area contributed by atoms with E-state index in [1.807, 2.05) is 32.2 Å². The van der Waals surface area contributed by atoms with Gasteiger partial charge in [-0.3, -0.25) is 14.6 Å². The highest BCUT2D eigenvalue weighted by atomic mass is 16.5. The average molecular weight is 498 g/mol. The molecule has 0 radical (unpaired) electrons. The van der Waals surface area contributed by atoms with Gasteiger partial charge < -0.3 is 29.9 Å². The van der Waals surface area contributed by atoms with E-state index in [0.717, 1.165) is 30.8 Å². The Morgan fingerprint density at radius 2 is 2.03 bits per heavy atom. The van der Waals surface area contributed by atoms with E-state index in [4.69, 9.17) is 9.47 Å². The van der Waals surface area contributed by atoms with Crippen molar-refractivity contribution in [1.29, 1.82) is 0 Å². The molecule has 3 rings (SSSR count). The number of nitrogens with one attached hydrogen (secondary N) is 2. The van der Waals surface area contributed by atoms with Crippen molar-refractivity contribution in [3.05, 3.63) is 66.2 Å². The molecule has 1 aliphatic carbocycles. The molecule has 9 nitrogen and oxygen atoms in total. The monoisotopic (exact) mass is 497 g/mol. The lowest BCUT2D eigenvalue weighted by molar-refractivity contribution is -0.136. The largest absolute Gasteiger partial charge is 0.497 e. The van der Waals surface area contributed by atoms with Gasteiger partial charge in [-0.05, 0) is 44.7 Å². The summed E-state index contributed by atoms with van der Waals surface area (Å²) in [6.45, 7) is 10.2. The Labute approximate surface area is 214 Å². The van der Waals surface area contributed by atoms with Crippen LogP contribution in [0.25, 0.3) is 0 Å². The molecule has 1 aliphatic heterocycles. The number of methoxy groups -OCH3 is 1. The Balaban J connectivity index is 1.44. The van der Waals surface area contributed by atoms with E-state index < -0.39 is 6.04 Å². The van der Waals surface area contributed by atoms with Crippen molar-refractivity contribution < 1.29 is 19.1 Å². The Hall–Kier alpha value is -3.01. The summed E-state index contributed by atoms with van der Waals surface area (Å²) in [6, 6.07) is 4.72. The maximum atomic E-state index is 13.2. The number of hydrogen-bond donors (Lipinski definition) is 2. The topological polar surface area (TPSA) is 96.0 Å². The van der Waals surface area contributed by atoms with Gasteiger partial charge in [-0.15, -0.1) is 0 Å². The molecule has 9 heteroatoms. The summed E-state index contributed by atoms with van der Waals surface area (Å²) in [6.07, 6.45) is 8.43. The molecule has 36 heavy (non-hydrogen) atoms. The summed E-state index contributed by atoms with van der Waals surface area (Å²) in [5.41, 5.74) is 1.34. The van der Waals surface area contributed by atoms with Crippen LogP contribution < -0.4 is 10.6 Å². The number of rotatable bonds is 13. The van der Waals surface area contributed by atoms with Crippen molar-refractivity contribution in [2.24, 2.45) is 5.92 Å². The molecule has 2 aliphatic rings. The molecular formula is C27H39N5O4. The van der Waals surface area contributed by atoms with E-state index in [-0.39, 0.29) is 24.1 Å². The minimum Gasteiger partial charge on any atom is -0.497 e. The van der Waals surface area contributed by atoms with Gasteiger partial charge in [-0.25, -0.2) is 0 Å². The molecular weight excluding hydrogens is 458 g/mol. The second-order valence-electron chi connectivity index (χ2n) is 9.15. The molecule has 2 fully saturated rings. The number of hydrogen-bond acceptors (Lipinski definition) is 7. The van der Waals surface area contributed by atoms with Gasteiger partial charge in [0.2, 0.25) is 5.91 Å². The summed E-state index contributed by atoms with van der Waals surface area (Å²) in [5.74, 6) is 0.708. The highest BCUT2D eigenvalue weighted by molar-refractivity contribution is 5.96. The van der Waals surface area contributed by atoms with Gasteiger partial charge in [0.25, 0.3) is 5.91 Å². The minimum atomic E-state index is -0.761. The first-order valence-electron chi connectivity index (χ1n) is 12.5. The molecule has 1 aromatic rings. The number of likely N-dealkylation sites (N-methyl/N-ethyl adjacent to an activating group) is 1. The number of nitrogens with zero attached hydrogens (tertiary/aromatic N) is 3. The fourth-order valence-electron chi connectivity index (χ4n) is 4.09. The van der Waals surface area contributed by atoms with E-state index in [9.17, 15) is 9.59 Å². The average Bonchev–Trinajstić information content (AvgIpc) is 3.68. The number of carbonyl (C=O) groups is 2. The highest BCUT2D eigenvalue weighted by Crippen LogP contribution is 2.37. The first kappa shape index (κ1) is 27.6. The lowest BCUT2D eigenvalue weighted by Crippen LogP contribution is -2.55. The smallest absolute Gasteiger partial charge is 0.270 e. The first-order chi connectivity index (χ1) is 17.4. The van der Waals surface area contributed by atoms with Crippen LogP contribution in [0.15, 0.2) is 60.5 Å². The molecule has 1 aromatic heterocycles. The lowest BCUT2D eigenvalue weighted by atomic mass is 10.1. The maximum absolute atomic E-state index is 13.2. The summed E-state index contributed by atoms with van der Waals surface area (Å²) in [5, 5.41) is 6.30. The summed E-state index contributed by atoms with van der Waals surface area (Å²) < 4.78 is 11.1. The number of allylic oxidation sites excluding steroid dienone is 3. The van der Waals surface area contributed by atoms with Crippen LogP contribution in [-0.2, 0) is 14.3 Å². The molecule has 0 aromatic carbocycles. The highest BCUT2D eigenvalue weighted by Gasteiger charge is 2.37. The van der Waals surface area contributed by atoms with Crippen molar-refractivity contribution in [2.45, 2.75) is 25.4 Å². The van der Waals surface area contributed by atoms with Crippen LogP contribution in [0.1, 0.15) is 23.8 Å². The third kappa shape index (κ3) is 8.29. The molecule has 2 amide bonds. The van der Waals surface area contributed by atoms with Crippen molar-refractivity contribution in [2.75, 3.05) is 60.1 Å². The maximum Gasteiger partial charge on any atom is 0.270 e.